The van der Waals surface area contributed by atoms with Crippen LogP contribution in [0.3, 0.4) is 0 Å². The zero-order valence-electron chi connectivity index (χ0n) is 13.7. The Morgan fingerprint density at radius 2 is 2.00 bits per heavy atom. The molecule has 124 valence electrons. The summed E-state index contributed by atoms with van der Waals surface area (Å²) in [7, 11) is 0. The van der Waals surface area contributed by atoms with E-state index >= 15 is 0 Å². The molecule has 23 heavy (non-hydrogen) atoms. The lowest BCUT2D eigenvalue weighted by atomic mass is 9.80. The maximum atomic E-state index is 12.0. The minimum atomic E-state index is -0.730. The number of hydrogen-bond acceptors (Lipinski definition) is 2. The summed E-state index contributed by atoms with van der Waals surface area (Å²) in [4.78, 5) is 16.2. The van der Waals surface area contributed by atoms with Crippen LogP contribution in [0.15, 0.2) is 24.3 Å². The Labute approximate surface area is 138 Å². The monoisotopic (exact) mass is 314 g/mol. The first-order valence-corrected chi connectivity index (χ1v) is 9.02. The summed E-state index contributed by atoms with van der Waals surface area (Å²) in [5.41, 5.74) is 2.80. The van der Waals surface area contributed by atoms with Crippen LogP contribution in [-0.4, -0.2) is 53.2 Å². The number of hydrogen-bond donors (Lipinski definition) is 1. The van der Waals surface area contributed by atoms with Crippen LogP contribution in [0.5, 0.6) is 0 Å². The van der Waals surface area contributed by atoms with Crippen molar-refractivity contribution in [2.75, 3.05) is 26.2 Å². The number of carbonyl (C=O) groups is 1. The van der Waals surface area contributed by atoms with Gasteiger partial charge in [-0.05, 0) is 62.2 Å². The smallest absolute Gasteiger partial charge is 0.407 e. The molecule has 0 spiro atoms. The number of nitrogens with zero attached hydrogens (tertiary/aromatic N) is 2. The van der Waals surface area contributed by atoms with Crippen molar-refractivity contribution in [3.05, 3.63) is 35.4 Å². The number of piperidine rings is 3. The van der Waals surface area contributed by atoms with E-state index in [-0.39, 0.29) is 6.04 Å². The number of benzene rings is 1. The number of fused-ring (bicyclic) bond motifs is 4. The SMILES string of the molecule is O=C(O)N(C[C@H]1CCCc2ccccc21)[C@H]1CN2CCC1CC2. The summed E-state index contributed by atoms with van der Waals surface area (Å²) in [6.45, 7) is 3.91. The van der Waals surface area contributed by atoms with Gasteiger partial charge in [0, 0.05) is 19.0 Å². The normalized spacial score (nSPS) is 32.3. The van der Waals surface area contributed by atoms with Crippen molar-refractivity contribution in [2.24, 2.45) is 5.92 Å². The molecule has 2 atom stereocenters. The van der Waals surface area contributed by atoms with Crippen LogP contribution < -0.4 is 0 Å². The zero-order chi connectivity index (χ0) is 15.8. The van der Waals surface area contributed by atoms with Crippen LogP contribution in [0, 0.1) is 5.92 Å². The van der Waals surface area contributed by atoms with E-state index in [1.54, 1.807) is 4.90 Å². The van der Waals surface area contributed by atoms with Crippen molar-refractivity contribution >= 4 is 6.09 Å². The Morgan fingerprint density at radius 1 is 1.22 bits per heavy atom. The van der Waals surface area contributed by atoms with E-state index in [9.17, 15) is 9.90 Å². The molecule has 4 heteroatoms. The highest BCUT2D eigenvalue weighted by Crippen LogP contribution is 2.36. The second kappa shape index (κ2) is 6.16. The molecule has 0 saturated carbocycles. The molecule has 1 aliphatic carbocycles. The van der Waals surface area contributed by atoms with E-state index in [1.165, 1.54) is 17.5 Å². The van der Waals surface area contributed by atoms with Crippen LogP contribution in [0.4, 0.5) is 4.79 Å². The fraction of sp³-hybridized carbons (Fsp3) is 0.632. The first kappa shape index (κ1) is 15.0. The van der Waals surface area contributed by atoms with Gasteiger partial charge in [-0.3, -0.25) is 0 Å². The molecule has 3 heterocycles. The molecular weight excluding hydrogens is 288 g/mol. The molecule has 5 rings (SSSR count). The third kappa shape index (κ3) is 2.85. The topological polar surface area (TPSA) is 43.8 Å². The Morgan fingerprint density at radius 3 is 2.70 bits per heavy atom. The summed E-state index contributed by atoms with van der Waals surface area (Å²) in [6, 6.07) is 8.81. The molecule has 0 unspecified atom stereocenters. The van der Waals surface area contributed by atoms with Gasteiger partial charge in [0.1, 0.15) is 0 Å². The third-order valence-electron chi connectivity index (χ3n) is 6.18. The fourth-order valence-corrected chi connectivity index (χ4v) is 4.92. The standard InChI is InChI=1S/C19H26N2O2/c22-19(23)21(18-13-20-10-8-15(18)9-11-20)12-16-6-3-5-14-4-1-2-7-17(14)16/h1-2,4,7,15-16,18H,3,5-6,8-13H2,(H,22,23)/t16-,18+/m1/s1. The van der Waals surface area contributed by atoms with Crippen LogP contribution >= 0.6 is 0 Å². The molecule has 0 radical (unpaired) electrons. The van der Waals surface area contributed by atoms with Crippen molar-refractivity contribution in [1.29, 1.82) is 0 Å². The van der Waals surface area contributed by atoms with E-state index in [0.717, 1.165) is 45.3 Å². The summed E-state index contributed by atoms with van der Waals surface area (Å²) in [6.07, 6.45) is 5.02. The molecule has 1 amide bonds. The summed E-state index contributed by atoms with van der Waals surface area (Å²) in [5.74, 6) is 0.932. The Hall–Kier alpha value is -1.55. The van der Waals surface area contributed by atoms with Crippen LogP contribution in [0.25, 0.3) is 0 Å². The molecule has 2 bridgehead atoms. The van der Waals surface area contributed by atoms with E-state index in [1.807, 2.05) is 0 Å². The summed E-state index contributed by atoms with van der Waals surface area (Å²) < 4.78 is 0. The van der Waals surface area contributed by atoms with E-state index < -0.39 is 6.09 Å². The first-order valence-electron chi connectivity index (χ1n) is 9.02. The van der Waals surface area contributed by atoms with Gasteiger partial charge in [0.05, 0.1) is 6.04 Å². The minimum absolute atomic E-state index is 0.198. The number of aryl methyl sites for hydroxylation is 1. The lowest BCUT2D eigenvalue weighted by molar-refractivity contribution is 0.00772. The molecule has 1 aromatic carbocycles. The average molecular weight is 314 g/mol. The first-order chi connectivity index (χ1) is 11.2. The quantitative estimate of drug-likeness (QED) is 0.932. The molecule has 0 aromatic heterocycles. The largest absolute Gasteiger partial charge is 0.465 e. The predicted octanol–water partition coefficient (Wildman–Crippen LogP) is 3.18. The van der Waals surface area contributed by atoms with E-state index in [0.29, 0.717) is 18.4 Å². The van der Waals surface area contributed by atoms with Gasteiger partial charge in [0.2, 0.25) is 0 Å². The molecule has 3 aliphatic heterocycles. The van der Waals surface area contributed by atoms with Crippen molar-refractivity contribution < 1.29 is 9.90 Å². The maximum Gasteiger partial charge on any atom is 0.407 e. The van der Waals surface area contributed by atoms with Gasteiger partial charge in [0.25, 0.3) is 0 Å². The summed E-state index contributed by atoms with van der Waals surface area (Å²) in [5, 5.41) is 9.84. The third-order valence-corrected chi connectivity index (χ3v) is 6.18. The minimum Gasteiger partial charge on any atom is -0.465 e. The van der Waals surface area contributed by atoms with Gasteiger partial charge in [0.15, 0.2) is 0 Å². The molecule has 4 nitrogen and oxygen atoms in total. The Kier molecular flexibility index (Phi) is 4.02. The van der Waals surface area contributed by atoms with Gasteiger partial charge in [-0.25, -0.2) is 4.79 Å². The number of amides is 1. The zero-order valence-corrected chi connectivity index (χ0v) is 13.7. The van der Waals surface area contributed by atoms with Gasteiger partial charge < -0.3 is 14.9 Å². The van der Waals surface area contributed by atoms with Gasteiger partial charge in [-0.1, -0.05) is 24.3 Å². The lowest BCUT2D eigenvalue weighted by Gasteiger charge is -2.49. The van der Waals surface area contributed by atoms with Crippen LogP contribution in [0.1, 0.15) is 42.7 Å². The highest BCUT2D eigenvalue weighted by molar-refractivity contribution is 5.65. The molecule has 4 aliphatic rings. The molecule has 1 N–H and O–H groups in total. The van der Waals surface area contributed by atoms with Crippen molar-refractivity contribution in [1.82, 2.24) is 9.80 Å². The highest BCUT2D eigenvalue weighted by atomic mass is 16.4. The maximum absolute atomic E-state index is 12.0. The van der Waals surface area contributed by atoms with Crippen molar-refractivity contribution in [2.45, 2.75) is 44.1 Å². The molecule has 3 fully saturated rings. The molecule has 1 aromatic rings. The number of rotatable bonds is 3. The summed E-state index contributed by atoms with van der Waals surface area (Å²) >= 11 is 0. The Balaban J connectivity index is 1.55. The lowest BCUT2D eigenvalue weighted by Crippen LogP contribution is -2.59. The Bertz CT molecular complexity index is 580. The second-order valence-electron chi connectivity index (χ2n) is 7.43. The van der Waals surface area contributed by atoms with Gasteiger partial charge in [-0.2, -0.15) is 0 Å². The molecular formula is C19H26N2O2. The highest BCUT2D eigenvalue weighted by Gasteiger charge is 2.40. The van der Waals surface area contributed by atoms with Crippen molar-refractivity contribution in [3.63, 3.8) is 0 Å². The van der Waals surface area contributed by atoms with E-state index in [4.69, 9.17) is 0 Å². The van der Waals surface area contributed by atoms with Crippen LogP contribution in [0.2, 0.25) is 0 Å². The van der Waals surface area contributed by atoms with Crippen molar-refractivity contribution in [3.8, 4) is 0 Å². The van der Waals surface area contributed by atoms with E-state index in [2.05, 4.69) is 29.2 Å². The second-order valence-corrected chi connectivity index (χ2v) is 7.43. The van der Waals surface area contributed by atoms with Gasteiger partial charge in [-0.15, -0.1) is 0 Å². The molecule has 3 saturated heterocycles. The van der Waals surface area contributed by atoms with Crippen LogP contribution in [-0.2, 0) is 6.42 Å². The van der Waals surface area contributed by atoms with Gasteiger partial charge >= 0.3 is 6.09 Å². The average Bonchev–Trinajstić information content (AvgIpc) is 2.60. The number of carboxylic acid groups (broad SMARTS) is 1. The predicted molar refractivity (Wildman–Crippen MR) is 89.8 cm³/mol. The fourth-order valence-electron chi connectivity index (χ4n) is 4.92.